The van der Waals surface area contributed by atoms with E-state index in [0.29, 0.717) is 18.7 Å². The number of hydrogen-bond donors (Lipinski definition) is 2. The van der Waals surface area contributed by atoms with Crippen LogP contribution in [0.25, 0.3) is 0 Å². The van der Waals surface area contributed by atoms with Crippen LogP contribution in [0.4, 0.5) is 4.79 Å². The van der Waals surface area contributed by atoms with Crippen LogP contribution in [-0.2, 0) is 27.9 Å². The molecule has 2 N–H and O–H groups in total. The molecule has 2 aromatic carbocycles. The first-order valence-corrected chi connectivity index (χ1v) is 12.6. The standard InChI is InChI=1S/C25H31N3O5S/c1-4-23(29)26-24-18(2)14-28(15-19(24)3)34(32,33)22-12-10-21(11-13-22)17-27(25(30)31)16-20-8-6-5-7-9-20/h4-13,18-19,24H,1,14-17H2,2-3H3,(H,26,29)(H,30,31). The highest BCUT2D eigenvalue weighted by Crippen LogP contribution is 2.27. The van der Waals surface area contributed by atoms with Crippen LogP contribution >= 0.6 is 0 Å². The first-order valence-electron chi connectivity index (χ1n) is 11.2. The van der Waals surface area contributed by atoms with Gasteiger partial charge in [0.25, 0.3) is 0 Å². The summed E-state index contributed by atoms with van der Waals surface area (Å²) in [5, 5.41) is 12.5. The minimum Gasteiger partial charge on any atom is -0.465 e. The van der Waals surface area contributed by atoms with Gasteiger partial charge in [0.2, 0.25) is 15.9 Å². The third-order valence-corrected chi connectivity index (χ3v) is 7.97. The molecule has 1 aliphatic rings. The fraction of sp³-hybridized carbons (Fsp3) is 0.360. The Balaban J connectivity index is 1.70. The molecular weight excluding hydrogens is 454 g/mol. The van der Waals surface area contributed by atoms with Crippen molar-refractivity contribution in [3.8, 4) is 0 Å². The second-order valence-electron chi connectivity index (χ2n) is 8.78. The van der Waals surface area contributed by atoms with Gasteiger partial charge in [-0.05, 0) is 41.2 Å². The van der Waals surface area contributed by atoms with Crippen molar-refractivity contribution in [1.82, 2.24) is 14.5 Å². The quantitative estimate of drug-likeness (QED) is 0.558. The van der Waals surface area contributed by atoms with E-state index in [1.165, 1.54) is 27.4 Å². The zero-order chi connectivity index (χ0) is 24.9. The SMILES string of the molecule is C=CC(=O)NC1C(C)CN(S(=O)(=O)c2ccc(CN(Cc3ccccc3)C(=O)O)cc2)CC1C. The number of hydrogen-bond acceptors (Lipinski definition) is 4. The smallest absolute Gasteiger partial charge is 0.407 e. The van der Waals surface area contributed by atoms with E-state index in [1.54, 1.807) is 12.1 Å². The van der Waals surface area contributed by atoms with Crippen LogP contribution in [0.2, 0.25) is 0 Å². The van der Waals surface area contributed by atoms with E-state index in [-0.39, 0.29) is 41.8 Å². The molecule has 1 heterocycles. The topological polar surface area (TPSA) is 107 Å². The predicted molar refractivity (Wildman–Crippen MR) is 129 cm³/mol. The molecule has 9 heteroatoms. The summed E-state index contributed by atoms with van der Waals surface area (Å²) in [5.74, 6) is -0.397. The Bertz CT molecular complexity index is 1110. The second-order valence-corrected chi connectivity index (χ2v) is 10.7. The number of sulfonamides is 1. The molecule has 0 aromatic heterocycles. The number of rotatable bonds is 8. The molecule has 1 saturated heterocycles. The molecule has 0 saturated carbocycles. The Labute approximate surface area is 200 Å². The minimum atomic E-state index is -3.72. The number of carbonyl (C=O) groups excluding carboxylic acids is 1. The summed E-state index contributed by atoms with van der Waals surface area (Å²) in [6, 6.07) is 15.5. The Morgan fingerprint density at radius 1 is 1.03 bits per heavy atom. The van der Waals surface area contributed by atoms with Crippen LogP contribution in [0.15, 0.2) is 72.1 Å². The number of amides is 2. The van der Waals surface area contributed by atoms with Crippen molar-refractivity contribution in [3.05, 3.63) is 78.4 Å². The van der Waals surface area contributed by atoms with Crippen molar-refractivity contribution in [2.45, 2.75) is 37.9 Å². The van der Waals surface area contributed by atoms with Crippen LogP contribution in [-0.4, -0.2) is 53.9 Å². The van der Waals surface area contributed by atoms with Gasteiger partial charge in [-0.1, -0.05) is 62.9 Å². The summed E-state index contributed by atoms with van der Waals surface area (Å²) < 4.78 is 28.0. The molecule has 0 bridgehead atoms. The summed E-state index contributed by atoms with van der Waals surface area (Å²) in [5.41, 5.74) is 1.57. The van der Waals surface area contributed by atoms with E-state index < -0.39 is 16.1 Å². The van der Waals surface area contributed by atoms with Gasteiger partial charge in [-0.2, -0.15) is 4.31 Å². The lowest BCUT2D eigenvalue weighted by molar-refractivity contribution is -0.118. The number of benzene rings is 2. The lowest BCUT2D eigenvalue weighted by Gasteiger charge is -2.40. The molecule has 182 valence electrons. The highest BCUT2D eigenvalue weighted by Gasteiger charge is 2.38. The van der Waals surface area contributed by atoms with Gasteiger partial charge in [0, 0.05) is 32.2 Å². The monoisotopic (exact) mass is 485 g/mol. The third kappa shape index (κ3) is 6.03. The number of nitrogens with one attached hydrogen (secondary N) is 1. The highest BCUT2D eigenvalue weighted by atomic mass is 32.2. The molecule has 2 atom stereocenters. The maximum Gasteiger partial charge on any atom is 0.407 e. The van der Waals surface area contributed by atoms with Crippen LogP contribution in [0.3, 0.4) is 0 Å². The van der Waals surface area contributed by atoms with Crippen molar-refractivity contribution in [1.29, 1.82) is 0 Å². The zero-order valence-corrected chi connectivity index (χ0v) is 20.2. The molecule has 3 rings (SSSR count). The third-order valence-electron chi connectivity index (χ3n) is 6.13. The molecule has 1 fully saturated rings. The van der Waals surface area contributed by atoms with Gasteiger partial charge in [-0.25, -0.2) is 13.2 Å². The Hall–Kier alpha value is -3.17. The van der Waals surface area contributed by atoms with Gasteiger partial charge < -0.3 is 10.4 Å². The number of piperidine rings is 1. The number of carbonyl (C=O) groups is 2. The van der Waals surface area contributed by atoms with E-state index in [4.69, 9.17) is 0 Å². The summed E-state index contributed by atoms with van der Waals surface area (Å²) in [6.07, 6.45) is 0.171. The van der Waals surface area contributed by atoms with Crippen molar-refractivity contribution in [2.75, 3.05) is 13.1 Å². The van der Waals surface area contributed by atoms with E-state index in [1.807, 2.05) is 44.2 Å². The van der Waals surface area contributed by atoms with Gasteiger partial charge >= 0.3 is 6.09 Å². The maximum absolute atomic E-state index is 13.3. The summed E-state index contributed by atoms with van der Waals surface area (Å²) in [7, 11) is -3.72. The van der Waals surface area contributed by atoms with Gasteiger partial charge in [0.1, 0.15) is 0 Å². The Morgan fingerprint density at radius 3 is 2.06 bits per heavy atom. The molecule has 1 aliphatic heterocycles. The molecular formula is C25H31N3O5S. The van der Waals surface area contributed by atoms with Crippen molar-refractivity contribution < 1.29 is 23.1 Å². The van der Waals surface area contributed by atoms with Crippen molar-refractivity contribution >= 4 is 22.0 Å². The normalized spacial score (nSPS) is 20.9. The van der Waals surface area contributed by atoms with E-state index in [2.05, 4.69) is 11.9 Å². The molecule has 2 aromatic rings. The summed E-state index contributed by atoms with van der Waals surface area (Å²) in [6.45, 7) is 8.28. The molecule has 8 nitrogen and oxygen atoms in total. The average Bonchev–Trinajstić information content (AvgIpc) is 2.81. The maximum atomic E-state index is 13.3. The van der Waals surface area contributed by atoms with Gasteiger partial charge in [0.05, 0.1) is 4.90 Å². The van der Waals surface area contributed by atoms with Gasteiger partial charge in [-0.3, -0.25) is 9.69 Å². The highest BCUT2D eigenvalue weighted by molar-refractivity contribution is 7.89. The van der Waals surface area contributed by atoms with Crippen molar-refractivity contribution in [3.63, 3.8) is 0 Å². The molecule has 0 aliphatic carbocycles. The fourth-order valence-corrected chi connectivity index (χ4v) is 5.98. The molecule has 34 heavy (non-hydrogen) atoms. The Morgan fingerprint density at radius 2 is 1.56 bits per heavy atom. The van der Waals surface area contributed by atoms with Gasteiger partial charge in [-0.15, -0.1) is 0 Å². The lowest BCUT2D eigenvalue weighted by Crippen LogP contribution is -2.55. The Kier molecular flexibility index (Phi) is 8.11. The van der Waals surface area contributed by atoms with E-state index >= 15 is 0 Å². The summed E-state index contributed by atoms with van der Waals surface area (Å²) in [4.78, 5) is 24.9. The average molecular weight is 486 g/mol. The first kappa shape index (κ1) is 25.5. The second kappa shape index (κ2) is 10.8. The van der Waals surface area contributed by atoms with Crippen LogP contribution in [0.5, 0.6) is 0 Å². The largest absolute Gasteiger partial charge is 0.465 e. The van der Waals surface area contributed by atoms with Crippen molar-refractivity contribution in [2.24, 2.45) is 11.8 Å². The van der Waals surface area contributed by atoms with Crippen LogP contribution < -0.4 is 5.32 Å². The zero-order valence-electron chi connectivity index (χ0n) is 19.4. The van der Waals surface area contributed by atoms with Crippen LogP contribution in [0, 0.1) is 11.8 Å². The molecule has 2 unspecified atom stereocenters. The molecule has 0 spiro atoms. The molecule has 0 radical (unpaired) electrons. The van der Waals surface area contributed by atoms with Crippen LogP contribution in [0.1, 0.15) is 25.0 Å². The number of carboxylic acid groups (broad SMARTS) is 1. The summed E-state index contributed by atoms with van der Waals surface area (Å²) >= 11 is 0. The lowest BCUT2D eigenvalue weighted by atomic mass is 9.87. The minimum absolute atomic E-state index is 0.0659. The van der Waals surface area contributed by atoms with Gasteiger partial charge in [0.15, 0.2) is 0 Å². The predicted octanol–water partition coefficient (Wildman–Crippen LogP) is 3.31. The van der Waals surface area contributed by atoms with E-state index in [9.17, 15) is 23.1 Å². The van der Waals surface area contributed by atoms with E-state index in [0.717, 1.165) is 5.56 Å². The number of nitrogens with zero attached hydrogens (tertiary/aromatic N) is 2. The first-order chi connectivity index (χ1) is 16.1. The molecule has 2 amide bonds. The fourth-order valence-electron chi connectivity index (χ4n) is 4.34.